The third kappa shape index (κ3) is 3.08. The Hall–Kier alpha value is -2.73. The second-order valence-corrected chi connectivity index (χ2v) is 7.04. The second kappa shape index (κ2) is 6.88. The van der Waals surface area contributed by atoms with Gasteiger partial charge in [-0.1, -0.05) is 12.1 Å². The van der Waals surface area contributed by atoms with E-state index < -0.39 is 0 Å². The molecule has 4 heterocycles. The topological polar surface area (TPSA) is 56.8 Å². The Morgan fingerprint density at radius 1 is 1.15 bits per heavy atom. The van der Waals surface area contributed by atoms with Crippen LogP contribution in [0.15, 0.2) is 55.0 Å². The lowest BCUT2D eigenvalue weighted by molar-refractivity contribution is 0.310. The average molecular weight is 363 g/mol. The van der Waals surface area contributed by atoms with Crippen molar-refractivity contribution in [3.05, 3.63) is 83.2 Å². The van der Waals surface area contributed by atoms with E-state index in [4.69, 9.17) is 12.2 Å². The highest BCUT2D eigenvalue weighted by Crippen LogP contribution is 2.40. The maximum Gasteiger partial charge on any atom is 0.170 e. The number of H-pyrrole nitrogens is 1. The van der Waals surface area contributed by atoms with Crippen molar-refractivity contribution in [1.29, 1.82) is 0 Å². The summed E-state index contributed by atoms with van der Waals surface area (Å²) in [6.07, 6.45) is 5.51. The molecule has 2 N–H and O–H groups in total. The highest BCUT2D eigenvalue weighted by molar-refractivity contribution is 7.80. The maximum absolute atomic E-state index is 5.70. The lowest BCUT2D eigenvalue weighted by Gasteiger charge is -2.28. The number of pyridine rings is 2. The summed E-state index contributed by atoms with van der Waals surface area (Å²) in [5.74, 6) is 0. The summed E-state index contributed by atoms with van der Waals surface area (Å²) in [4.78, 5) is 14.5. The Morgan fingerprint density at radius 2 is 2.04 bits per heavy atom. The van der Waals surface area contributed by atoms with Crippen LogP contribution < -0.4 is 5.32 Å². The molecule has 0 unspecified atom stereocenters. The molecule has 1 saturated heterocycles. The lowest BCUT2D eigenvalue weighted by Crippen LogP contribution is -2.29. The minimum atomic E-state index is 0.00858. The number of thiocarbonyl (C=S) groups is 1. The number of aromatic amines is 1. The number of hydrogen-bond acceptors (Lipinski definition) is 3. The lowest BCUT2D eigenvalue weighted by atomic mass is 9.96. The van der Waals surface area contributed by atoms with Crippen LogP contribution in [-0.2, 0) is 6.54 Å². The minimum Gasteiger partial charge on any atom is -0.362 e. The molecule has 1 fully saturated rings. The highest BCUT2D eigenvalue weighted by atomic mass is 32.1. The van der Waals surface area contributed by atoms with Crippen LogP contribution in [0.4, 0.5) is 0 Å². The molecule has 2 atom stereocenters. The summed E-state index contributed by atoms with van der Waals surface area (Å²) < 4.78 is 0. The quantitative estimate of drug-likeness (QED) is 0.694. The number of aromatic nitrogens is 3. The zero-order valence-corrected chi connectivity index (χ0v) is 15.6. The van der Waals surface area contributed by atoms with Gasteiger partial charge in [0.15, 0.2) is 5.11 Å². The van der Waals surface area contributed by atoms with E-state index >= 15 is 0 Å². The Bertz CT molecular complexity index is 906. The number of nitrogens with one attached hydrogen (secondary N) is 2. The molecule has 26 heavy (non-hydrogen) atoms. The van der Waals surface area contributed by atoms with Crippen LogP contribution >= 0.6 is 12.2 Å². The molecular weight excluding hydrogens is 342 g/mol. The molecule has 5 nitrogen and oxygen atoms in total. The molecule has 0 spiro atoms. The van der Waals surface area contributed by atoms with Gasteiger partial charge in [0.2, 0.25) is 0 Å². The fourth-order valence-corrected chi connectivity index (χ4v) is 3.96. The first-order chi connectivity index (χ1) is 12.6. The Balaban J connectivity index is 1.76. The normalized spacial score (nSPS) is 19.6. The van der Waals surface area contributed by atoms with Gasteiger partial charge in [-0.15, -0.1) is 0 Å². The third-order valence-electron chi connectivity index (χ3n) is 4.78. The van der Waals surface area contributed by atoms with Gasteiger partial charge >= 0.3 is 0 Å². The molecule has 3 aromatic heterocycles. The van der Waals surface area contributed by atoms with Crippen LogP contribution in [0.3, 0.4) is 0 Å². The van der Waals surface area contributed by atoms with Crippen molar-refractivity contribution in [2.24, 2.45) is 0 Å². The Kier molecular flexibility index (Phi) is 4.42. The molecular formula is C20H21N5S. The van der Waals surface area contributed by atoms with Gasteiger partial charge in [0.05, 0.1) is 17.8 Å². The van der Waals surface area contributed by atoms with Gasteiger partial charge < -0.3 is 15.2 Å². The fraction of sp³-hybridized carbons (Fsp3) is 0.250. The van der Waals surface area contributed by atoms with E-state index in [1.54, 1.807) is 6.20 Å². The summed E-state index contributed by atoms with van der Waals surface area (Å²) in [6, 6.07) is 12.3. The van der Waals surface area contributed by atoms with E-state index in [-0.39, 0.29) is 12.1 Å². The van der Waals surface area contributed by atoms with E-state index in [0.29, 0.717) is 6.54 Å². The van der Waals surface area contributed by atoms with Crippen molar-refractivity contribution in [2.45, 2.75) is 32.5 Å². The van der Waals surface area contributed by atoms with Crippen LogP contribution in [0.5, 0.6) is 0 Å². The molecule has 1 aliphatic rings. The maximum atomic E-state index is 5.70. The summed E-state index contributed by atoms with van der Waals surface area (Å²) in [5.41, 5.74) is 5.68. The summed E-state index contributed by atoms with van der Waals surface area (Å²) in [6.45, 7) is 4.90. The Morgan fingerprint density at radius 3 is 2.69 bits per heavy atom. The minimum absolute atomic E-state index is 0.00858. The smallest absolute Gasteiger partial charge is 0.170 e. The molecule has 1 aliphatic heterocycles. The number of hydrogen-bond donors (Lipinski definition) is 2. The molecule has 0 bridgehead atoms. The van der Waals surface area contributed by atoms with E-state index in [9.17, 15) is 0 Å². The van der Waals surface area contributed by atoms with E-state index in [0.717, 1.165) is 27.8 Å². The first-order valence-corrected chi connectivity index (χ1v) is 9.07. The van der Waals surface area contributed by atoms with Crippen molar-refractivity contribution < 1.29 is 0 Å². The van der Waals surface area contributed by atoms with Crippen molar-refractivity contribution in [3.8, 4) is 0 Å². The Labute approximate surface area is 158 Å². The van der Waals surface area contributed by atoms with Crippen molar-refractivity contribution in [3.63, 3.8) is 0 Å². The SMILES string of the molecule is Cc1cc([C@H]2[C@H](c3ccccn3)NC(=S)N2Cc2cccnc2)c(C)[nH]1. The van der Waals surface area contributed by atoms with Gasteiger partial charge in [-0.25, -0.2) is 0 Å². The molecule has 0 aromatic carbocycles. The molecule has 0 aliphatic carbocycles. The molecule has 0 radical (unpaired) electrons. The molecule has 4 rings (SSSR count). The molecule has 3 aromatic rings. The molecule has 6 heteroatoms. The van der Waals surface area contributed by atoms with Gasteiger partial charge in [-0.05, 0) is 61.5 Å². The van der Waals surface area contributed by atoms with Crippen LogP contribution in [0.1, 0.15) is 40.3 Å². The van der Waals surface area contributed by atoms with Crippen molar-refractivity contribution >= 4 is 17.3 Å². The number of rotatable bonds is 4. The fourth-order valence-electron chi connectivity index (χ4n) is 3.66. The number of nitrogens with zero attached hydrogens (tertiary/aromatic N) is 3. The highest BCUT2D eigenvalue weighted by Gasteiger charge is 2.40. The van der Waals surface area contributed by atoms with Crippen molar-refractivity contribution in [1.82, 2.24) is 25.2 Å². The van der Waals surface area contributed by atoms with Crippen molar-refractivity contribution in [2.75, 3.05) is 0 Å². The first-order valence-electron chi connectivity index (χ1n) is 8.66. The van der Waals surface area contributed by atoms with Crippen LogP contribution in [0, 0.1) is 13.8 Å². The predicted molar refractivity (Wildman–Crippen MR) is 105 cm³/mol. The monoisotopic (exact) mass is 363 g/mol. The van der Waals surface area contributed by atoms with Crippen LogP contribution in [0.25, 0.3) is 0 Å². The molecule has 132 valence electrons. The summed E-state index contributed by atoms with van der Waals surface area (Å²) in [5, 5.41) is 4.23. The van der Waals surface area contributed by atoms with Crippen LogP contribution in [0.2, 0.25) is 0 Å². The standard InChI is InChI=1S/C20H21N5S/c1-13-10-16(14(2)23-13)19-18(17-7-3-4-9-22-17)24-20(26)25(19)12-15-6-5-8-21-11-15/h3-11,18-19,23H,12H2,1-2H3,(H,24,26)/t18-,19-/m0/s1. The summed E-state index contributed by atoms with van der Waals surface area (Å²) >= 11 is 5.70. The van der Waals surface area contributed by atoms with E-state index in [2.05, 4.69) is 57.2 Å². The zero-order valence-electron chi connectivity index (χ0n) is 14.8. The molecule has 0 amide bonds. The summed E-state index contributed by atoms with van der Waals surface area (Å²) in [7, 11) is 0. The predicted octanol–water partition coefficient (Wildman–Crippen LogP) is 3.59. The first kappa shape index (κ1) is 16.7. The number of aryl methyl sites for hydroxylation is 2. The van der Waals surface area contributed by atoms with E-state index in [1.165, 1.54) is 5.56 Å². The second-order valence-electron chi connectivity index (χ2n) is 6.65. The zero-order chi connectivity index (χ0) is 18.1. The largest absolute Gasteiger partial charge is 0.362 e. The third-order valence-corrected chi connectivity index (χ3v) is 5.13. The van der Waals surface area contributed by atoms with Gasteiger partial charge in [0.25, 0.3) is 0 Å². The van der Waals surface area contributed by atoms with Gasteiger partial charge in [-0.3, -0.25) is 9.97 Å². The van der Waals surface area contributed by atoms with Gasteiger partial charge in [0.1, 0.15) is 0 Å². The van der Waals surface area contributed by atoms with Crippen LogP contribution in [-0.4, -0.2) is 25.0 Å². The van der Waals surface area contributed by atoms with Gasteiger partial charge in [0, 0.05) is 36.5 Å². The van der Waals surface area contributed by atoms with E-state index in [1.807, 2.05) is 30.6 Å². The van der Waals surface area contributed by atoms with Gasteiger partial charge in [-0.2, -0.15) is 0 Å². The molecule has 0 saturated carbocycles. The average Bonchev–Trinajstić information content (AvgIpc) is 3.15.